The number of hydrogen-bond acceptors (Lipinski definition) is 4. The molecule has 2 aliphatic rings. The molecule has 2 atom stereocenters. The summed E-state index contributed by atoms with van der Waals surface area (Å²) in [6, 6.07) is 0.355. The Hall–Kier alpha value is -0.160. The van der Waals surface area contributed by atoms with Gasteiger partial charge in [-0.25, -0.2) is 0 Å². The zero-order valence-corrected chi connectivity index (χ0v) is 12.0. The maximum absolute atomic E-state index is 5.93. The van der Waals surface area contributed by atoms with Crippen molar-refractivity contribution in [2.75, 3.05) is 27.3 Å². The van der Waals surface area contributed by atoms with Crippen LogP contribution in [0.5, 0.6) is 0 Å². The van der Waals surface area contributed by atoms with Crippen molar-refractivity contribution in [3.8, 4) is 0 Å². The van der Waals surface area contributed by atoms with E-state index in [2.05, 4.69) is 24.4 Å². The summed E-state index contributed by atoms with van der Waals surface area (Å²) in [6.07, 6.45) is 9.04. The largest absolute Gasteiger partial charge is 0.381 e. The molecule has 0 radical (unpaired) electrons. The summed E-state index contributed by atoms with van der Waals surface area (Å²) >= 11 is 0. The number of rotatable bonds is 4. The van der Waals surface area contributed by atoms with Crippen molar-refractivity contribution >= 4 is 0 Å². The molecule has 1 saturated carbocycles. The predicted molar refractivity (Wildman–Crippen MR) is 74.2 cm³/mol. The highest BCUT2D eigenvalue weighted by Crippen LogP contribution is 2.38. The van der Waals surface area contributed by atoms with Crippen molar-refractivity contribution in [2.45, 2.75) is 56.5 Å². The Labute approximate surface area is 111 Å². The van der Waals surface area contributed by atoms with Gasteiger partial charge in [-0.2, -0.15) is 0 Å². The van der Waals surface area contributed by atoms with Gasteiger partial charge >= 0.3 is 0 Å². The molecular formula is C14H29N3O. The number of nitrogens with two attached hydrogens (primary N) is 1. The van der Waals surface area contributed by atoms with E-state index >= 15 is 0 Å². The van der Waals surface area contributed by atoms with Crippen LogP contribution in [0.15, 0.2) is 0 Å². The summed E-state index contributed by atoms with van der Waals surface area (Å²) in [5.41, 5.74) is 3.35. The molecular weight excluding hydrogens is 226 g/mol. The summed E-state index contributed by atoms with van der Waals surface area (Å²) < 4.78 is 5.57. The minimum Gasteiger partial charge on any atom is -0.381 e. The standard InChI is InChI=1S/C14H29N3O/c1-17(2)14(8-5-3-4-6-9-14)13(16-15)12-7-10-18-11-12/h12-13,16H,3-11,15H2,1-2H3. The Morgan fingerprint density at radius 2 is 1.89 bits per heavy atom. The average Bonchev–Trinajstić information content (AvgIpc) is 2.75. The zero-order valence-electron chi connectivity index (χ0n) is 12.0. The van der Waals surface area contributed by atoms with E-state index in [1.54, 1.807) is 0 Å². The van der Waals surface area contributed by atoms with Crippen LogP contribution in [0.25, 0.3) is 0 Å². The highest BCUT2D eigenvalue weighted by Gasteiger charge is 2.44. The van der Waals surface area contributed by atoms with Gasteiger partial charge in [0.15, 0.2) is 0 Å². The SMILES string of the molecule is CN(C)C1(C(NN)C2CCOC2)CCCCCC1. The molecule has 3 N–H and O–H groups in total. The van der Waals surface area contributed by atoms with E-state index in [0.29, 0.717) is 12.0 Å². The maximum Gasteiger partial charge on any atom is 0.0511 e. The summed E-state index contributed by atoms with van der Waals surface area (Å²) in [5, 5.41) is 0. The van der Waals surface area contributed by atoms with Gasteiger partial charge < -0.3 is 9.64 Å². The van der Waals surface area contributed by atoms with Crippen LogP contribution in [0.4, 0.5) is 0 Å². The van der Waals surface area contributed by atoms with Gasteiger partial charge in [0.2, 0.25) is 0 Å². The third-order valence-corrected chi connectivity index (χ3v) is 5.05. The first-order chi connectivity index (χ1) is 8.70. The molecule has 18 heavy (non-hydrogen) atoms. The number of likely N-dealkylation sites (N-methyl/N-ethyl adjacent to an activating group) is 1. The first-order valence-corrected chi connectivity index (χ1v) is 7.42. The Kier molecular flexibility index (Phi) is 5.01. The quantitative estimate of drug-likeness (QED) is 0.454. The summed E-state index contributed by atoms with van der Waals surface area (Å²) in [4.78, 5) is 2.42. The summed E-state index contributed by atoms with van der Waals surface area (Å²) in [7, 11) is 4.43. The van der Waals surface area contributed by atoms with Crippen LogP contribution in [-0.2, 0) is 4.74 Å². The molecule has 4 heteroatoms. The van der Waals surface area contributed by atoms with Crippen molar-refractivity contribution in [2.24, 2.45) is 11.8 Å². The van der Waals surface area contributed by atoms with Crippen LogP contribution in [0.1, 0.15) is 44.9 Å². The van der Waals surface area contributed by atoms with Crippen molar-refractivity contribution in [3.05, 3.63) is 0 Å². The van der Waals surface area contributed by atoms with Crippen LogP contribution >= 0.6 is 0 Å². The van der Waals surface area contributed by atoms with E-state index in [4.69, 9.17) is 10.6 Å². The van der Waals surface area contributed by atoms with Gasteiger partial charge in [-0.05, 0) is 33.4 Å². The van der Waals surface area contributed by atoms with Crippen molar-refractivity contribution in [1.82, 2.24) is 10.3 Å². The Balaban J connectivity index is 2.19. The van der Waals surface area contributed by atoms with Crippen LogP contribution < -0.4 is 11.3 Å². The molecule has 1 heterocycles. The molecule has 1 aliphatic carbocycles. The Morgan fingerprint density at radius 1 is 1.22 bits per heavy atom. The topological polar surface area (TPSA) is 50.5 Å². The van der Waals surface area contributed by atoms with E-state index in [-0.39, 0.29) is 5.54 Å². The fourth-order valence-corrected chi connectivity index (χ4v) is 3.92. The fraction of sp³-hybridized carbons (Fsp3) is 1.00. The highest BCUT2D eigenvalue weighted by molar-refractivity contribution is 5.02. The molecule has 0 amide bonds. The second-order valence-corrected chi connectivity index (χ2v) is 6.18. The molecule has 2 fully saturated rings. The van der Waals surface area contributed by atoms with Gasteiger partial charge in [0.1, 0.15) is 0 Å². The second-order valence-electron chi connectivity index (χ2n) is 6.18. The molecule has 2 unspecified atom stereocenters. The first-order valence-electron chi connectivity index (χ1n) is 7.42. The van der Waals surface area contributed by atoms with Crippen molar-refractivity contribution in [3.63, 3.8) is 0 Å². The van der Waals surface area contributed by atoms with E-state index in [1.807, 2.05) is 0 Å². The molecule has 0 aromatic rings. The number of ether oxygens (including phenoxy) is 1. The number of nitrogens with zero attached hydrogens (tertiary/aromatic N) is 1. The van der Waals surface area contributed by atoms with Gasteiger partial charge in [0, 0.05) is 24.1 Å². The van der Waals surface area contributed by atoms with E-state index in [1.165, 1.54) is 38.5 Å². The lowest BCUT2D eigenvalue weighted by Crippen LogP contribution is -2.63. The lowest BCUT2D eigenvalue weighted by Gasteiger charge is -2.47. The van der Waals surface area contributed by atoms with E-state index in [0.717, 1.165) is 19.6 Å². The molecule has 0 aromatic carbocycles. The van der Waals surface area contributed by atoms with Crippen molar-refractivity contribution < 1.29 is 4.74 Å². The van der Waals surface area contributed by atoms with Crippen molar-refractivity contribution in [1.29, 1.82) is 0 Å². The predicted octanol–water partition coefficient (Wildman–Crippen LogP) is 1.51. The second kappa shape index (κ2) is 6.33. The molecule has 1 aliphatic heterocycles. The molecule has 4 nitrogen and oxygen atoms in total. The van der Waals surface area contributed by atoms with Gasteiger partial charge in [-0.3, -0.25) is 11.3 Å². The zero-order chi connectivity index (χ0) is 13.0. The first kappa shape index (κ1) is 14.3. The van der Waals surface area contributed by atoms with Gasteiger partial charge in [-0.15, -0.1) is 0 Å². The molecule has 0 aromatic heterocycles. The van der Waals surface area contributed by atoms with E-state index < -0.39 is 0 Å². The lowest BCUT2D eigenvalue weighted by atomic mass is 9.75. The Bertz CT molecular complexity index is 243. The van der Waals surface area contributed by atoms with Gasteiger partial charge in [0.25, 0.3) is 0 Å². The molecule has 106 valence electrons. The molecule has 0 spiro atoms. The monoisotopic (exact) mass is 255 g/mol. The normalized spacial score (nSPS) is 30.3. The molecule has 0 bridgehead atoms. The molecule has 2 rings (SSSR count). The lowest BCUT2D eigenvalue weighted by molar-refractivity contribution is 0.0476. The van der Waals surface area contributed by atoms with Crippen LogP contribution in [0, 0.1) is 5.92 Å². The minimum absolute atomic E-state index is 0.212. The summed E-state index contributed by atoms with van der Waals surface area (Å²) in [6.45, 7) is 1.76. The smallest absolute Gasteiger partial charge is 0.0511 e. The molecule has 1 saturated heterocycles. The minimum atomic E-state index is 0.212. The third-order valence-electron chi connectivity index (χ3n) is 5.05. The van der Waals surface area contributed by atoms with Crippen LogP contribution in [-0.4, -0.2) is 43.8 Å². The average molecular weight is 255 g/mol. The summed E-state index contributed by atoms with van der Waals surface area (Å²) in [5.74, 6) is 6.49. The Morgan fingerprint density at radius 3 is 2.33 bits per heavy atom. The number of hydrogen-bond donors (Lipinski definition) is 2. The van der Waals surface area contributed by atoms with Crippen LogP contribution in [0.2, 0.25) is 0 Å². The fourth-order valence-electron chi connectivity index (χ4n) is 3.92. The van der Waals surface area contributed by atoms with Gasteiger partial charge in [-0.1, -0.05) is 25.7 Å². The third kappa shape index (κ3) is 2.72. The highest BCUT2D eigenvalue weighted by atomic mass is 16.5. The maximum atomic E-state index is 5.93. The van der Waals surface area contributed by atoms with E-state index in [9.17, 15) is 0 Å². The number of nitrogens with one attached hydrogen (secondary N) is 1. The van der Waals surface area contributed by atoms with Gasteiger partial charge in [0.05, 0.1) is 6.61 Å². The van der Waals surface area contributed by atoms with Crippen LogP contribution in [0.3, 0.4) is 0 Å². The number of hydrazine groups is 1.